The van der Waals surface area contributed by atoms with Crippen molar-refractivity contribution in [2.45, 2.75) is 24.5 Å². The zero-order valence-corrected chi connectivity index (χ0v) is 18.0. The van der Waals surface area contributed by atoms with Gasteiger partial charge >= 0.3 is 5.69 Å². The molecule has 4 rings (SSSR count). The second-order valence-corrected chi connectivity index (χ2v) is 8.81. The largest absolute Gasteiger partial charge is 0.374 e. The molecule has 1 atom stereocenters. The quantitative estimate of drug-likeness (QED) is 0.676. The van der Waals surface area contributed by atoms with E-state index in [2.05, 4.69) is 4.98 Å². The number of hydrogen-bond donors (Lipinski definition) is 1. The molecule has 0 saturated heterocycles. The molecule has 158 valence electrons. The Balaban J connectivity index is 1.88. The smallest absolute Gasteiger partial charge is 0.328 e. The number of nitrogens with zero attached hydrogens (tertiary/aromatic N) is 2. The average molecular weight is 430 g/mol. The fraction of sp³-hybridized carbons (Fsp3) is 0.364. The molecular weight excluding hydrogens is 405 g/mol. The first-order valence-electron chi connectivity index (χ1n) is 9.80. The van der Waals surface area contributed by atoms with Crippen LogP contribution in [0.2, 0.25) is 0 Å². The molecule has 0 aliphatic carbocycles. The van der Waals surface area contributed by atoms with E-state index in [1.54, 1.807) is 34.5 Å². The van der Waals surface area contributed by atoms with Crippen molar-refractivity contribution in [3.63, 3.8) is 0 Å². The van der Waals surface area contributed by atoms with Gasteiger partial charge in [-0.15, -0.1) is 11.8 Å². The first-order valence-corrected chi connectivity index (χ1v) is 10.8. The van der Waals surface area contributed by atoms with Gasteiger partial charge in [-0.2, -0.15) is 0 Å². The second-order valence-electron chi connectivity index (χ2n) is 7.78. The number of likely N-dealkylation sites (N-methyl/N-ethyl adjacent to an activating group) is 1. The van der Waals surface area contributed by atoms with Crippen LogP contribution < -0.4 is 11.2 Å². The number of ether oxygens (including phenoxy) is 1. The summed E-state index contributed by atoms with van der Waals surface area (Å²) in [5.41, 5.74) is 2.46. The van der Waals surface area contributed by atoms with E-state index in [0.717, 1.165) is 28.1 Å². The molecule has 1 aromatic heterocycles. The maximum atomic E-state index is 13.5. The van der Waals surface area contributed by atoms with Gasteiger partial charge in [0.1, 0.15) is 5.82 Å². The molecule has 6 nitrogen and oxygen atoms in total. The van der Waals surface area contributed by atoms with Crippen molar-refractivity contribution in [3.05, 3.63) is 62.6 Å². The Morgan fingerprint density at radius 2 is 2.00 bits per heavy atom. The Morgan fingerprint density at radius 3 is 2.70 bits per heavy atom. The van der Waals surface area contributed by atoms with Crippen LogP contribution in [0.15, 0.2) is 44.8 Å². The van der Waals surface area contributed by atoms with E-state index in [1.165, 1.54) is 12.1 Å². The summed E-state index contributed by atoms with van der Waals surface area (Å²) in [6.07, 6.45) is -0.171. The van der Waals surface area contributed by atoms with Gasteiger partial charge in [0.05, 0.1) is 30.2 Å². The lowest BCUT2D eigenvalue weighted by atomic mass is 9.98. The third-order valence-electron chi connectivity index (χ3n) is 5.26. The molecule has 0 bridgehead atoms. The van der Waals surface area contributed by atoms with Crippen LogP contribution in [0.25, 0.3) is 22.0 Å². The van der Waals surface area contributed by atoms with Gasteiger partial charge in [-0.1, -0.05) is 12.1 Å². The van der Waals surface area contributed by atoms with Gasteiger partial charge in [-0.05, 0) is 50.3 Å². The van der Waals surface area contributed by atoms with Gasteiger partial charge in [0.25, 0.3) is 5.56 Å². The van der Waals surface area contributed by atoms with Gasteiger partial charge in [0, 0.05) is 22.8 Å². The third-order valence-corrected chi connectivity index (χ3v) is 6.48. The Bertz CT molecular complexity index is 1200. The van der Waals surface area contributed by atoms with Crippen molar-refractivity contribution < 1.29 is 9.13 Å². The summed E-state index contributed by atoms with van der Waals surface area (Å²) in [7, 11) is 3.96. The number of rotatable bonds is 5. The standard InChI is InChI=1S/C22H24FN3O3S/c1-13-10-17-19-20(18(13)14-4-6-15(23)7-5-14)30-12-16(29-9-8-25(2)3)11-26(19)22(28)24-21(17)27/h4-7,10,16H,8-9,11-12H2,1-3H3,(H,24,27,28)/t16-/m0/s1. The first-order chi connectivity index (χ1) is 14.3. The molecule has 2 heterocycles. The maximum absolute atomic E-state index is 13.5. The highest BCUT2D eigenvalue weighted by Gasteiger charge is 2.25. The highest BCUT2D eigenvalue weighted by atomic mass is 32.2. The Kier molecular flexibility index (Phi) is 5.81. The maximum Gasteiger partial charge on any atom is 0.328 e. The number of thioether (sulfide) groups is 1. The van der Waals surface area contributed by atoms with Gasteiger partial charge in [-0.3, -0.25) is 14.3 Å². The Hall–Kier alpha value is -2.42. The molecule has 0 fully saturated rings. The summed E-state index contributed by atoms with van der Waals surface area (Å²) in [6.45, 7) is 3.63. The van der Waals surface area contributed by atoms with Crippen molar-refractivity contribution in [2.24, 2.45) is 0 Å². The second kappa shape index (κ2) is 8.37. The van der Waals surface area contributed by atoms with Crippen LogP contribution in [-0.4, -0.2) is 53.6 Å². The summed E-state index contributed by atoms with van der Waals surface area (Å²) in [4.78, 5) is 30.6. The van der Waals surface area contributed by atoms with Crippen molar-refractivity contribution in [2.75, 3.05) is 33.0 Å². The zero-order chi connectivity index (χ0) is 21.4. The lowest BCUT2D eigenvalue weighted by molar-refractivity contribution is 0.0487. The number of nitrogens with one attached hydrogen (secondary N) is 1. The topological polar surface area (TPSA) is 67.3 Å². The van der Waals surface area contributed by atoms with E-state index in [0.29, 0.717) is 29.8 Å². The van der Waals surface area contributed by atoms with E-state index >= 15 is 0 Å². The monoisotopic (exact) mass is 429 g/mol. The van der Waals surface area contributed by atoms with Crippen LogP contribution in [-0.2, 0) is 11.3 Å². The van der Waals surface area contributed by atoms with Crippen molar-refractivity contribution >= 4 is 22.7 Å². The van der Waals surface area contributed by atoms with Gasteiger partial charge < -0.3 is 9.64 Å². The van der Waals surface area contributed by atoms with Crippen LogP contribution in [0.4, 0.5) is 4.39 Å². The SMILES string of the molecule is Cc1cc2c(=O)[nH]c(=O)n3c2c(c1-c1ccc(F)cc1)SC[C@@H](OCCN(C)C)C3. The normalized spacial score (nSPS) is 16.2. The molecule has 0 saturated carbocycles. The van der Waals surface area contributed by atoms with E-state index in [1.807, 2.05) is 25.9 Å². The van der Waals surface area contributed by atoms with Crippen LogP contribution in [0, 0.1) is 12.7 Å². The molecule has 1 aliphatic rings. The third kappa shape index (κ3) is 3.95. The van der Waals surface area contributed by atoms with Gasteiger partial charge in [0.15, 0.2) is 0 Å². The molecule has 3 aromatic rings. The van der Waals surface area contributed by atoms with Crippen LogP contribution in [0.3, 0.4) is 0 Å². The van der Waals surface area contributed by atoms with Crippen LogP contribution >= 0.6 is 11.8 Å². The Morgan fingerprint density at radius 1 is 1.27 bits per heavy atom. The van der Waals surface area contributed by atoms with E-state index < -0.39 is 11.2 Å². The summed E-state index contributed by atoms with van der Waals surface area (Å²) in [5, 5.41) is 0.481. The molecule has 0 spiro atoms. The fourth-order valence-electron chi connectivity index (χ4n) is 3.78. The number of aromatic amines is 1. The van der Waals surface area contributed by atoms with E-state index in [-0.39, 0.29) is 11.9 Å². The zero-order valence-electron chi connectivity index (χ0n) is 17.2. The number of halogens is 1. The average Bonchev–Trinajstić information content (AvgIpc) is 2.88. The van der Waals surface area contributed by atoms with Gasteiger partial charge in [-0.25, -0.2) is 9.18 Å². The van der Waals surface area contributed by atoms with Crippen molar-refractivity contribution in [3.8, 4) is 11.1 Å². The molecular formula is C22H24FN3O3S. The highest BCUT2D eigenvalue weighted by Crippen LogP contribution is 2.40. The molecule has 2 aromatic carbocycles. The predicted octanol–water partition coefficient (Wildman–Crippen LogP) is 2.86. The highest BCUT2D eigenvalue weighted by molar-refractivity contribution is 7.99. The van der Waals surface area contributed by atoms with Crippen molar-refractivity contribution in [1.29, 1.82) is 0 Å². The summed E-state index contributed by atoms with van der Waals surface area (Å²) in [5.74, 6) is 0.341. The number of aryl methyl sites for hydroxylation is 1. The van der Waals surface area contributed by atoms with Gasteiger partial charge in [0.2, 0.25) is 0 Å². The van der Waals surface area contributed by atoms with Crippen LogP contribution in [0.5, 0.6) is 0 Å². The minimum Gasteiger partial charge on any atom is -0.374 e. The molecule has 0 amide bonds. The summed E-state index contributed by atoms with van der Waals surface area (Å²) >= 11 is 1.58. The Labute approximate surface area is 177 Å². The molecule has 0 radical (unpaired) electrons. The fourth-order valence-corrected chi connectivity index (χ4v) is 5.11. The lowest BCUT2D eigenvalue weighted by Gasteiger charge is -2.18. The molecule has 30 heavy (non-hydrogen) atoms. The number of aromatic nitrogens is 2. The van der Waals surface area contributed by atoms with E-state index in [9.17, 15) is 14.0 Å². The lowest BCUT2D eigenvalue weighted by Crippen LogP contribution is -2.35. The minimum absolute atomic E-state index is 0.171. The van der Waals surface area contributed by atoms with E-state index in [4.69, 9.17) is 4.74 Å². The minimum atomic E-state index is -0.439. The van der Waals surface area contributed by atoms with Crippen LogP contribution in [0.1, 0.15) is 5.56 Å². The molecule has 8 heteroatoms. The number of benzene rings is 2. The molecule has 0 unspecified atom stereocenters. The number of H-pyrrole nitrogens is 1. The molecule has 1 aliphatic heterocycles. The van der Waals surface area contributed by atoms with Crippen molar-refractivity contribution in [1.82, 2.24) is 14.5 Å². The summed E-state index contributed by atoms with van der Waals surface area (Å²) in [6, 6.07) is 8.11. The number of hydrogen-bond acceptors (Lipinski definition) is 5. The molecule has 1 N–H and O–H groups in total. The first kappa shape index (κ1) is 20.8. The predicted molar refractivity (Wildman–Crippen MR) is 118 cm³/mol. The summed E-state index contributed by atoms with van der Waals surface area (Å²) < 4.78 is 21.2.